The van der Waals surface area contributed by atoms with Crippen molar-refractivity contribution in [2.75, 3.05) is 19.7 Å². The van der Waals surface area contributed by atoms with Crippen LogP contribution in [0.4, 0.5) is 0 Å². The van der Waals surface area contributed by atoms with Gasteiger partial charge in [0.05, 0.1) is 18.3 Å². The number of nitrogens with one attached hydrogen (secondary N) is 5. The number of β-lactam (4-membered cyclic amide) rings is 1. The fourth-order valence-corrected chi connectivity index (χ4v) is 7.13. The fraction of sp³-hybridized carbons (Fsp3) is 0.423. The number of amides is 2. The predicted molar refractivity (Wildman–Crippen MR) is 166 cm³/mol. The number of nitrogens with zero attached hydrogens (tertiary/aromatic N) is 5. The maximum Gasteiger partial charge on any atom is 0.362 e. The van der Waals surface area contributed by atoms with E-state index >= 15 is 0 Å². The Bertz CT molecular complexity index is 1740. The van der Waals surface area contributed by atoms with Crippen LogP contribution in [-0.2, 0) is 36.1 Å². The van der Waals surface area contributed by atoms with Gasteiger partial charge in [0.2, 0.25) is 0 Å². The van der Waals surface area contributed by atoms with Gasteiger partial charge >= 0.3 is 16.3 Å². The number of carboxylic acid groups (broad SMARTS) is 1. The van der Waals surface area contributed by atoms with E-state index in [1.165, 1.54) is 22.7 Å². The maximum absolute atomic E-state index is 13.4. The van der Waals surface area contributed by atoms with Crippen LogP contribution in [0.25, 0.3) is 0 Å². The van der Waals surface area contributed by atoms with Crippen LogP contribution >= 0.6 is 11.8 Å². The van der Waals surface area contributed by atoms with E-state index in [1.54, 1.807) is 24.3 Å². The average Bonchev–Trinajstić information content (AvgIpc) is 3.57. The summed E-state index contributed by atoms with van der Waals surface area (Å²) in [6.45, 7) is 1.10. The zero-order valence-corrected chi connectivity index (χ0v) is 26.4. The molecule has 6 atom stereocenters. The summed E-state index contributed by atoms with van der Waals surface area (Å²) in [6, 6.07) is 4.04. The van der Waals surface area contributed by atoms with E-state index in [0.717, 1.165) is 24.9 Å². The summed E-state index contributed by atoms with van der Waals surface area (Å²) in [5.74, 6) is -1.99. The molecule has 6 rings (SSSR count). The van der Waals surface area contributed by atoms with Gasteiger partial charge in [-0.2, -0.15) is 13.5 Å². The number of carboxylic acids is 1. The number of aromatic nitrogens is 3. The van der Waals surface area contributed by atoms with Crippen molar-refractivity contribution in [1.82, 2.24) is 40.3 Å². The number of hydrogen-bond donors (Lipinski definition) is 8. The first-order valence-corrected chi connectivity index (χ1v) is 16.8. The van der Waals surface area contributed by atoms with E-state index in [9.17, 15) is 32.5 Å². The van der Waals surface area contributed by atoms with Gasteiger partial charge in [-0.15, -0.1) is 0 Å². The summed E-state index contributed by atoms with van der Waals surface area (Å²) in [6.07, 6.45) is 0.726. The molecular weight excluding hydrogens is 674 g/mol. The third-order valence-corrected chi connectivity index (χ3v) is 9.87. The second-order valence-corrected chi connectivity index (χ2v) is 13.5. The molecule has 3 aliphatic heterocycles. The number of oxime groups is 1. The van der Waals surface area contributed by atoms with Crippen molar-refractivity contribution in [2.45, 2.75) is 36.3 Å². The molecule has 0 radical (unpaired) electrons. The van der Waals surface area contributed by atoms with E-state index in [4.69, 9.17) is 20.7 Å². The normalized spacial score (nSPS) is 26.8. The number of carbonyl (C=O) groups is 3. The van der Waals surface area contributed by atoms with Crippen molar-refractivity contribution < 1.29 is 42.0 Å². The molecule has 4 heterocycles. The Morgan fingerprint density at radius 2 is 1.96 bits per heavy atom. The largest absolute Gasteiger partial charge is 0.489 e. The van der Waals surface area contributed by atoms with Crippen LogP contribution in [0.15, 0.2) is 53.2 Å². The van der Waals surface area contributed by atoms with Gasteiger partial charge in [0.25, 0.3) is 17.9 Å². The summed E-state index contributed by atoms with van der Waals surface area (Å²) in [5.41, 5.74) is 5.34. The molecule has 0 bridgehead atoms. The van der Waals surface area contributed by atoms with Crippen LogP contribution in [0.3, 0.4) is 0 Å². The first-order chi connectivity index (χ1) is 22.9. The van der Waals surface area contributed by atoms with E-state index in [0.29, 0.717) is 23.1 Å². The minimum absolute atomic E-state index is 0.0408. The molecule has 1 aliphatic carbocycles. The zero-order valence-electron chi connectivity index (χ0n) is 24.8. The second-order valence-electron chi connectivity index (χ2n) is 11.2. The van der Waals surface area contributed by atoms with Crippen LogP contribution in [0, 0.1) is 17.2 Å². The van der Waals surface area contributed by atoms with Gasteiger partial charge in [-0.1, -0.05) is 16.9 Å². The number of benzene rings is 1. The number of amidine groups is 1. The predicted octanol–water partition coefficient (Wildman–Crippen LogP) is -2.77. The summed E-state index contributed by atoms with van der Waals surface area (Å²) in [5, 5.41) is 38.8. The van der Waals surface area contributed by atoms with Crippen LogP contribution < -0.4 is 31.7 Å². The summed E-state index contributed by atoms with van der Waals surface area (Å²) in [4.78, 5) is 47.0. The maximum atomic E-state index is 13.4. The Morgan fingerprint density at radius 3 is 2.56 bits per heavy atom. The molecule has 4 aliphatic rings. The third-order valence-electron chi connectivity index (χ3n) is 8.14. The number of fused-ring (bicyclic) bond motifs is 1. The number of rotatable bonds is 14. The van der Waals surface area contributed by atoms with Gasteiger partial charge in [-0.3, -0.25) is 24.2 Å². The molecule has 22 heteroatoms. The molecule has 9 N–H and O–H groups in total. The molecule has 48 heavy (non-hydrogen) atoms. The molecule has 2 saturated heterocycles. The molecule has 2 amide bonds. The molecular formula is C26H31N11O9S2. The molecule has 0 spiro atoms. The Hall–Kier alpha value is -4.77. The molecule has 2 aromatic rings. The van der Waals surface area contributed by atoms with Gasteiger partial charge in [-0.25, -0.2) is 14.1 Å². The quantitative estimate of drug-likeness (QED) is 0.0325. The molecule has 1 saturated carbocycles. The average molecular weight is 706 g/mol. The lowest BCUT2D eigenvalue weighted by atomic mass is 9.98. The summed E-state index contributed by atoms with van der Waals surface area (Å²) in [7, 11) is -4.97. The third kappa shape index (κ3) is 7.06. The van der Waals surface area contributed by atoms with Crippen LogP contribution in [0.1, 0.15) is 5.56 Å². The first kappa shape index (κ1) is 33.1. The molecule has 1 aromatic carbocycles. The number of carbonyl (C=O) groups excluding carboxylic acids is 2. The van der Waals surface area contributed by atoms with Crippen LogP contribution in [0.5, 0.6) is 5.75 Å². The minimum atomic E-state index is -4.97. The monoisotopic (exact) mass is 705 g/mol. The van der Waals surface area contributed by atoms with Gasteiger partial charge in [0.15, 0.2) is 5.71 Å². The van der Waals surface area contributed by atoms with Crippen LogP contribution in [-0.4, -0.2) is 116 Å². The second kappa shape index (κ2) is 13.4. The fourth-order valence-electron chi connectivity index (χ4n) is 5.60. The topological polar surface area (TPSA) is 289 Å². The zero-order chi connectivity index (χ0) is 34.2. The molecule has 5 unspecified atom stereocenters. The van der Waals surface area contributed by atoms with Gasteiger partial charge in [0, 0.05) is 30.1 Å². The van der Waals surface area contributed by atoms with E-state index < -0.39 is 64.1 Å². The minimum Gasteiger partial charge on any atom is -0.489 e. The van der Waals surface area contributed by atoms with E-state index in [-0.39, 0.29) is 28.4 Å². The number of aliphatic carboxylic acids is 1. The van der Waals surface area contributed by atoms with E-state index in [2.05, 4.69) is 36.5 Å². The molecule has 256 valence electrons. The Labute approximate surface area is 276 Å². The molecule has 3 fully saturated rings. The molecule has 1 aromatic heterocycles. The number of nitrogens with two attached hydrogens (primary N) is 1. The Balaban J connectivity index is 1.10. The standard InChI is InChI=1S/C26H31N11O9S2/c27-22(33-19-14-5-29-6-15(14)19)12-1-3-13(4-2-12)45-8-18(25(40)41)46-35-20(16-9-47-26(28)32-16)23(38)34-21-17(7-36-11-30-10-31-36)37(24(21)39)48(42,43)44/h1-4,9-11,14-15,17-19,21,26,29,32H,5-8,28H2,(H2,27,33)(H,34,38)(H,40,41)(H,42,43,44)/b35-20-/t14?,15?,17?,18-,19?,21?,26?/m0/s1. The van der Waals surface area contributed by atoms with Crippen molar-refractivity contribution in [3.63, 3.8) is 0 Å². The van der Waals surface area contributed by atoms with Crippen molar-refractivity contribution in [3.05, 3.63) is 53.6 Å². The lowest BCUT2D eigenvalue weighted by Gasteiger charge is -2.43. The number of hydrogen-bond acceptors (Lipinski definition) is 15. The Kier molecular flexibility index (Phi) is 9.24. The summed E-state index contributed by atoms with van der Waals surface area (Å²) < 4.78 is 40.2. The van der Waals surface area contributed by atoms with Crippen molar-refractivity contribution >= 4 is 51.4 Å². The lowest BCUT2D eigenvalue weighted by Crippen LogP contribution is -2.73. The van der Waals surface area contributed by atoms with Crippen molar-refractivity contribution in [1.29, 1.82) is 5.41 Å². The number of piperidine rings is 1. The van der Waals surface area contributed by atoms with Crippen molar-refractivity contribution in [2.24, 2.45) is 22.7 Å². The SMILES string of the molecule is N=C(NC1C2CNCC21)c1ccc(OC[C@H](O/N=C(\C(=O)NC2C(=O)N(S(=O)(=O)O)C2Cn2cncn2)C2=CSC(N)N2)C(=O)O)cc1. The number of ether oxygens (including phenoxy) is 1. The van der Waals surface area contributed by atoms with Gasteiger partial charge in [0.1, 0.15) is 42.4 Å². The molecule has 20 nitrogen and oxygen atoms in total. The van der Waals surface area contributed by atoms with Gasteiger partial charge < -0.3 is 41.7 Å². The van der Waals surface area contributed by atoms with E-state index in [1.807, 2.05) is 0 Å². The first-order valence-electron chi connectivity index (χ1n) is 14.5. The lowest BCUT2D eigenvalue weighted by molar-refractivity contribution is -0.152. The van der Waals surface area contributed by atoms with Gasteiger partial charge in [-0.05, 0) is 36.1 Å². The summed E-state index contributed by atoms with van der Waals surface area (Å²) >= 11 is 1.08. The highest BCUT2D eigenvalue weighted by Crippen LogP contribution is 2.41. The highest BCUT2D eigenvalue weighted by molar-refractivity contribution is 8.02. The number of thioether (sulfide) groups is 1. The highest BCUT2D eigenvalue weighted by Gasteiger charge is 2.55. The van der Waals surface area contributed by atoms with Crippen molar-refractivity contribution in [3.8, 4) is 5.75 Å². The highest BCUT2D eigenvalue weighted by atomic mass is 32.2. The van der Waals surface area contributed by atoms with Crippen LogP contribution in [0.2, 0.25) is 0 Å². The Morgan fingerprint density at radius 1 is 1.23 bits per heavy atom. The smallest absolute Gasteiger partial charge is 0.362 e.